The molecular formula is C27H29NO4. The predicted molar refractivity (Wildman–Crippen MR) is 125 cm³/mol. The summed E-state index contributed by atoms with van der Waals surface area (Å²) in [5, 5.41) is 12.2. The largest absolute Gasteiger partial charge is 0.467 e. The Labute approximate surface area is 189 Å². The van der Waals surface area contributed by atoms with E-state index >= 15 is 0 Å². The number of rotatable bonds is 8. The molecule has 0 heterocycles. The third-order valence-electron chi connectivity index (χ3n) is 5.46. The molecule has 5 heteroatoms. The number of aliphatic hydroxyl groups excluding tert-OH is 1. The fraction of sp³-hybridized carbons (Fsp3) is 0.333. The third-order valence-corrected chi connectivity index (χ3v) is 5.46. The molecule has 0 unspecified atom stereocenters. The van der Waals surface area contributed by atoms with E-state index in [2.05, 4.69) is 46.2 Å². The van der Waals surface area contributed by atoms with Crippen molar-refractivity contribution in [2.75, 3.05) is 7.11 Å². The molecular weight excluding hydrogens is 402 g/mol. The second-order valence-corrected chi connectivity index (χ2v) is 8.12. The molecule has 0 spiro atoms. The van der Waals surface area contributed by atoms with Crippen LogP contribution in [-0.2, 0) is 16.0 Å². The summed E-state index contributed by atoms with van der Waals surface area (Å²) in [6.45, 7) is 1.41. The summed E-state index contributed by atoms with van der Waals surface area (Å²) in [6, 6.07) is 14.2. The van der Waals surface area contributed by atoms with Crippen molar-refractivity contribution >= 4 is 18.0 Å². The van der Waals surface area contributed by atoms with Crippen molar-refractivity contribution < 1.29 is 19.4 Å². The van der Waals surface area contributed by atoms with Crippen molar-refractivity contribution in [3.63, 3.8) is 0 Å². The van der Waals surface area contributed by atoms with Gasteiger partial charge in [0.15, 0.2) is 6.04 Å². The lowest BCUT2D eigenvalue weighted by Crippen LogP contribution is -2.48. The molecule has 1 amide bonds. The van der Waals surface area contributed by atoms with Crippen molar-refractivity contribution in [2.45, 2.75) is 44.8 Å². The Bertz CT molecular complexity index is 1010. The van der Waals surface area contributed by atoms with Gasteiger partial charge in [-0.2, -0.15) is 0 Å². The van der Waals surface area contributed by atoms with Gasteiger partial charge >= 0.3 is 5.97 Å². The Hall–Kier alpha value is -3.36. The van der Waals surface area contributed by atoms with Gasteiger partial charge in [-0.3, -0.25) is 4.79 Å². The van der Waals surface area contributed by atoms with E-state index in [1.54, 1.807) is 24.3 Å². The Morgan fingerprint density at radius 2 is 1.84 bits per heavy atom. The van der Waals surface area contributed by atoms with E-state index in [0.29, 0.717) is 5.56 Å². The number of hydrogen-bond acceptors (Lipinski definition) is 4. The van der Waals surface area contributed by atoms with Gasteiger partial charge in [-0.25, -0.2) is 4.79 Å². The summed E-state index contributed by atoms with van der Waals surface area (Å²) in [7, 11) is 1.21. The van der Waals surface area contributed by atoms with Gasteiger partial charge in [0.05, 0.1) is 13.2 Å². The van der Waals surface area contributed by atoms with Gasteiger partial charge in [-0.15, -0.1) is 0 Å². The van der Waals surface area contributed by atoms with E-state index in [0.717, 1.165) is 23.5 Å². The number of carbonyl (C=O) groups excluding carboxylic acids is 2. The van der Waals surface area contributed by atoms with Crippen LogP contribution in [-0.4, -0.2) is 36.2 Å². The monoisotopic (exact) mass is 431 g/mol. The van der Waals surface area contributed by atoms with E-state index in [-0.39, 0.29) is 0 Å². The summed E-state index contributed by atoms with van der Waals surface area (Å²) in [4.78, 5) is 24.0. The topological polar surface area (TPSA) is 75.6 Å². The zero-order valence-electron chi connectivity index (χ0n) is 18.5. The number of methoxy groups -OCH3 is 1. The molecule has 0 saturated heterocycles. The molecule has 3 rings (SSSR count). The third kappa shape index (κ3) is 7.11. The number of nitrogens with one attached hydrogen (secondary N) is 1. The molecule has 2 atom stereocenters. The van der Waals surface area contributed by atoms with Crippen LogP contribution in [0.3, 0.4) is 0 Å². The fourth-order valence-electron chi connectivity index (χ4n) is 3.27. The number of benzene rings is 2. The quantitative estimate of drug-likeness (QED) is 0.493. The molecule has 5 nitrogen and oxygen atoms in total. The molecule has 166 valence electrons. The SMILES string of the molecule is COC(=O)[C@@H](NC(=O)c1ccc(C#C/C=C/c2ccc(CCC3CC3)cc2)cc1)[C@@H](C)O. The summed E-state index contributed by atoms with van der Waals surface area (Å²) in [5.74, 6) is 5.83. The Balaban J connectivity index is 1.53. The van der Waals surface area contributed by atoms with Crippen molar-refractivity contribution in [1.82, 2.24) is 5.32 Å². The first-order valence-corrected chi connectivity index (χ1v) is 10.9. The number of aliphatic hydroxyl groups is 1. The van der Waals surface area contributed by atoms with E-state index in [1.165, 1.54) is 38.9 Å². The predicted octanol–water partition coefficient (Wildman–Crippen LogP) is 3.75. The zero-order chi connectivity index (χ0) is 22.9. The van der Waals surface area contributed by atoms with Crippen molar-refractivity contribution in [2.24, 2.45) is 5.92 Å². The molecule has 1 saturated carbocycles. The lowest BCUT2D eigenvalue weighted by atomic mass is 10.1. The summed E-state index contributed by atoms with van der Waals surface area (Å²) >= 11 is 0. The van der Waals surface area contributed by atoms with Gasteiger partial charge in [0, 0.05) is 11.1 Å². The fourth-order valence-corrected chi connectivity index (χ4v) is 3.27. The molecule has 2 aromatic carbocycles. The highest BCUT2D eigenvalue weighted by Crippen LogP contribution is 2.33. The maximum absolute atomic E-state index is 12.3. The minimum atomic E-state index is -1.12. The Morgan fingerprint density at radius 3 is 2.44 bits per heavy atom. The molecule has 0 aliphatic heterocycles. The van der Waals surface area contributed by atoms with Crippen LogP contribution in [0.4, 0.5) is 0 Å². The molecule has 32 heavy (non-hydrogen) atoms. The molecule has 1 fully saturated rings. The lowest BCUT2D eigenvalue weighted by Gasteiger charge is -2.18. The molecule has 2 aromatic rings. The van der Waals surface area contributed by atoms with Gasteiger partial charge in [0.25, 0.3) is 5.91 Å². The molecule has 0 aromatic heterocycles. The van der Waals surface area contributed by atoms with Crippen LogP contribution in [0.2, 0.25) is 0 Å². The first-order chi connectivity index (χ1) is 15.5. The van der Waals surface area contributed by atoms with Crippen molar-refractivity contribution in [3.05, 3.63) is 76.9 Å². The minimum Gasteiger partial charge on any atom is -0.467 e. The van der Waals surface area contributed by atoms with Crippen molar-refractivity contribution in [3.8, 4) is 11.8 Å². The Kier molecular flexibility index (Phi) is 8.24. The first-order valence-electron chi connectivity index (χ1n) is 10.9. The summed E-state index contributed by atoms with van der Waals surface area (Å²) in [5.41, 5.74) is 3.62. The zero-order valence-corrected chi connectivity index (χ0v) is 18.5. The summed E-state index contributed by atoms with van der Waals surface area (Å²) in [6.07, 6.45) is 7.97. The number of ether oxygens (including phenoxy) is 1. The Morgan fingerprint density at radius 1 is 1.16 bits per heavy atom. The number of aryl methyl sites for hydroxylation is 1. The molecule has 2 N–H and O–H groups in total. The van der Waals surface area contributed by atoms with Gasteiger partial charge in [0.2, 0.25) is 0 Å². The second kappa shape index (κ2) is 11.3. The smallest absolute Gasteiger partial charge is 0.331 e. The molecule has 1 aliphatic carbocycles. The highest BCUT2D eigenvalue weighted by molar-refractivity contribution is 5.97. The number of allylic oxidation sites excluding steroid dienone is 1. The van der Waals surface area contributed by atoms with Crippen LogP contribution in [0.25, 0.3) is 6.08 Å². The van der Waals surface area contributed by atoms with Crippen molar-refractivity contribution in [1.29, 1.82) is 0 Å². The number of hydrogen-bond donors (Lipinski definition) is 2. The van der Waals surface area contributed by atoms with E-state index in [1.807, 2.05) is 12.2 Å². The lowest BCUT2D eigenvalue weighted by molar-refractivity contribution is -0.145. The van der Waals surface area contributed by atoms with Crippen LogP contribution in [0.5, 0.6) is 0 Å². The van der Waals surface area contributed by atoms with Gasteiger partial charge in [-0.1, -0.05) is 48.9 Å². The molecule has 1 aliphatic rings. The minimum absolute atomic E-state index is 0.363. The number of carbonyl (C=O) groups is 2. The number of amides is 1. The average Bonchev–Trinajstić information content (AvgIpc) is 3.64. The number of esters is 1. The van der Waals surface area contributed by atoms with Crippen LogP contribution < -0.4 is 5.32 Å². The highest BCUT2D eigenvalue weighted by atomic mass is 16.5. The maximum atomic E-state index is 12.3. The van der Waals surface area contributed by atoms with Crippen LogP contribution in [0, 0.1) is 17.8 Å². The average molecular weight is 432 g/mol. The van der Waals surface area contributed by atoms with E-state index < -0.39 is 24.0 Å². The second-order valence-electron chi connectivity index (χ2n) is 8.12. The first kappa shape index (κ1) is 23.3. The standard InChI is InChI=1S/C27H29NO4/c1-19(29)25(27(31)32-2)28-26(30)24-17-15-21(16-18-24)6-4-3-5-20-7-9-22(10-8-20)11-12-23-13-14-23/h3,5,7-10,15-19,23,25,29H,11-14H2,1-2H3,(H,28,30)/b5-3+/t19-,25+/m1/s1. The summed E-state index contributed by atoms with van der Waals surface area (Å²) < 4.78 is 4.61. The van der Waals surface area contributed by atoms with E-state index in [4.69, 9.17) is 0 Å². The van der Waals surface area contributed by atoms with E-state index in [9.17, 15) is 14.7 Å². The van der Waals surface area contributed by atoms with Crippen LogP contribution in [0.1, 0.15) is 53.2 Å². The van der Waals surface area contributed by atoms with Gasteiger partial charge in [-0.05, 0) is 73.2 Å². The van der Waals surface area contributed by atoms with Gasteiger partial charge < -0.3 is 15.2 Å². The molecule has 0 bridgehead atoms. The van der Waals surface area contributed by atoms with Gasteiger partial charge in [0.1, 0.15) is 0 Å². The van der Waals surface area contributed by atoms with Crippen LogP contribution >= 0.6 is 0 Å². The highest BCUT2D eigenvalue weighted by Gasteiger charge is 2.26. The maximum Gasteiger partial charge on any atom is 0.331 e. The van der Waals surface area contributed by atoms with Crippen LogP contribution in [0.15, 0.2) is 54.6 Å². The molecule has 0 radical (unpaired) electrons. The normalized spacial score (nSPS) is 14.8.